The number of piperidine rings is 1. The van der Waals surface area contributed by atoms with Gasteiger partial charge < -0.3 is 24.6 Å². The minimum absolute atomic E-state index is 0. The molecule has 0 saturated carbocycles. The molecule has 0 unspecified atom stereocenters. The van der Waals surface area contributed by atoms with E-state index in [1.807, 2.05) is 20.8 Å². The van der Waals surface area contributed by atoms with Gasteiger partial charge in [-0.3, -0.25) is 14.7 Å². The van der Waals surface area contributed by atoms with Gasteiger partial charge in [0.15, 0.2) is 5.96 Å². The monoisotopic (exact) mass is 567 g/mol. The number of halogens is 1. The van der Waals surface area contributed by atoms with E-state index in [9.17, 15) is 9.59 Å². The molecule has 186 valence electrons. The molecule has 2 heterocycles. The number of guanidine groups is 1. The highest BCUT2D eigenvalue weighted by atomic mass is 127. The molecule has 2 fully saturated rings. The van der Waals surface area contributed by atoms with E-state index in [0.29, 0.717) is 13.1 Å². The van der Waals surface area contributed by atoms with Gasteiger partial charge in [-0.1, -0.05) is 0 Å². The van der Waals surface area contributed by atoms with Crippen molar-refractivity contribution in [3.05, 3.63) is 0 Å². The van der Waals surface area contributed by atoms with Crippen molar-refractivity contribution in [1.82, 2.24) is 20.0 Å². The fraction of sp³-hybridized carbons (Fsp3) is 0.864. The zero-order chi connectivity index (χ0) is 22.9. The van der Waals surface area contributed by atoms with Crippen molar-refractivity contribution in [2.45, 2.75) is 52.6 Å². The number of hydrogen-bond acceptors (Lipinski definition) is 6. The predicted molar refractivity (Wildman–Crippen MR) is 137 cm³/mol. The van der Waals surface area contributed by atoms with E-state index in [-0.39, 0.29) is 42.0 Å². The lowest BCUT2D eigenvalue weighted by Crippen LogP contribution is -2.50. The SMILES string of the molecule is CCNC(=NCCCN1CCN(C(=O)OC(C)(C)C)CC1)N1CCC(C(=O)OC)CC1.I. The van der Waals surface area contributed by atoms with Crippen LogP contribution in [0.15, 0.2) is 4.99 Å². The number of rotatable bonds is 6. The smallest absolute Gasteiger partial charge is 0.410 e. The summed E-state index contributed by atoms with van der Waals surface area (Å²) in [6.45, 7) is 15.1. The van der Waals surface area contributed by atoms with Crippen LogP contribution in [0, 0.1) is 5.92 Å². The number of hydrogen-bond donors (Lipinski definition) is 1. The molecule has 0 radical (unpaired) electrons. The van der Waals surface area contributed by atoms with Crippen LogP contribution in [0.1, 0.15) is 47.0 Å². The van der Waals surface area contributed by atoms with Gasteiger partial charge in [-0.15, -0.1) is 24.0 Å². The summed E-state index contributed by atoms with van der Waals surface area (Å²) in [4.78, 5) is 35.1. The van der Waals surface area contributed by atoms with Gasteiger partial charge >= 0.3 is 12.1 Å². The fourth-order valence-corrected chi connectivity index (χ4v) is 3.88. The molecule has 1 N–H and O–H groups in total. The van der Waals surface area contributed by atoms with E-state index in [2.05, 4.69) is 22.0 Å². The lowest BCUT2D eigenvalue weighted by atomic mass is 9.97. The average Bonchev–Trinajstić information content (AvgIpc) is 2.74. The number of likely N-dealkylation sites (tertiary alicyclic amines) is 1. The van der Waals surface area contributed by atoms with Gasteiger partial charge in [0.25, 0.3) is 0 Å². The Bertz CT molecular complexity index is 610. The summed E-state index contributed by atoms with van der Waals surface area (Å²) in [6, 6.07) is 0. The number of esters is 1. The van der Waals surface area contributed by atoms with Crippen LogP contribution in [-0.2, 0) is 14.3 Å². The second-order valence-corrected chi connectivity index (χ2v) is 9.18. The normalized spacial score (nSPS) is 18.7. The maximum atomic E-state index is 12.2. The molecule has 1 amide bonds. The first-order valence-electron chi connectivity index (χ1n) is 11.5. The molecule has 9 nitrogen and oxygen atoms in total. The number of amides is 1. The third-order valence-corrected chi connectivity index (χ3v) is 5.58. The van der Waals surface area contributed by atoms with Crippen LogP contribution in [0.4, 0.5) is 4.79 Å². The molecule has 32 heavy (non-hydrogen) atoms. The highest BCUT2D eigenvalue weighted by Gasteiger charge is 2.27. The molecule has 0 bridgehead atoms. The molecule has 0 aromatic rings. The Labute approximate surface area is 210 Å². The molecule has 2 rings (SSSR count). The summed E-state index contributed by atoms with van der Waals surface area (Å²) in [6.07, 6.45) is 2.36. The highest BCUT2D eigenvalue weighted by molar-refractivity contribution is 14.0. The van der Waals surface area contributed by atoms with Crippen molar-refractivity contribution in [3.63, 3.8) is 0 Å². The fourth-order valence-electron chi connectivity index (χ4n) is 3.88. The molecule has 2 aliphatic heterocycles. The highest BCUT2D eigenvalue weighted by Crippen LogP contribution is 2.18. The van der Waals surface area contributed by atoms with Crippen LogP contribution in [0.5, 0.6) is 0 Å². The second-order valence-electron chi connectivity index (χ2n) is 9.18. The van der Waals surface area contributed by atoms with E-state index in [4.69, 9.17) is 14.5 Å². The van der Waals surface area contributed by atoms with Gasteiger partial charge in [-0.05, 0) is 47.0 Å². The van der Waals surface area contributed by atoms with Gasteiger partial charge in [0.1, 0.15) is 5.60 Å². The first-order valence-corrected chi connectivity index (χ1v) is 11.5. The number of piperazine rings is 1. The van der Waals surface area contributed by atoms with E-state index < -0.39 is 5.60 Å². The topological polar surface area (TPSA) is 86.7 Å². The average molecular weight is 568 g/mol. The van der Waals surface area contributed by atoms with Crippen LogP contribution in [0.2, 0.25) is 0 Å². The molecular weight excluding hydrogens is 525 g/mol. The molecular formula is C22H42IN5O4. The van der Waals surface area contributed by atoms with Crippen molar-refractivity contribution in [3.8, 4) is 0 Å². The molecule has 0 aromatic carbocycles. The third kappa shape index (κ3) is 9.68. The van der Waals surface area contributed by atoms with Crippen LogP contribution in [0.25, 0.3) is 0 Å². The molecule has 2 aliphatic rings. The van der Waals surface area contributed by atoms with Crippen molar-refractivity contribution in [2.75, 3.05) is 66.0 Å². The predicted octanol–water partition coefficient (Wildman–Crippen LogP) is 2.40. The van der Waals surface area contributed by atoms with Crippen molar-refractivity contribution < 1.29 is 19.1 Å². The van der Waals surface area contributed by atoms with Gasteiger partial charge in [0.05, 0.1) is 13.0 Å². The Morgan fingerprint density at radius 1 is 1.03 bits per heavy atom. The van der Waals surface area contributed by atoms with Crippen LogP contribution >= 0.6 is 24.0 Å². The van der Waals surface area contributed by atoms with E-state index >= 15 is 0 Å². The number of nitrogens with zero attached hydrogens (tertiary/aromatic N) is 4. The van der Waals surface area contributed by atoms with Gasteiger partial charge in [0, 0.05) is 58.9 Å². The second kappa shape index (κ2) is 14.1. The number of carbonyl (C=O) groups excluding carboxylic acids is 2. The van der Waals surface area contributed by atoms with Crippen LogP contribution in [-0.4, -0.2) is 104 Å². The number of aliphatic imine (C=N–C) groups is 1. The number of nitrogens with one attached hydrogen (secondary N) is 1. The Morgan fingerprint density at radius 2 is 1.66 bits per heavy atom. The van der Waals surface area contributed by atoms with E-state index in [1.165, 1.54) is 7.11 Å². The molecule has 0 aliphatic carbocycles. The molecule has 0 aromatic heterocycles. The summed E-state index contributed by atoms with van der Waals surface area (Å²) in [5.74, 6) is 0.831. The van der Waals surface area contributed by atoms with Gasteiger partial charge in [0.2, 0.25) is 0 Å². The lowest BCUT2D eigenvalue weighted by Gasteiger charge is -2.35. The Morgan fingerprint density at radius 3 is 2.19 bits per heavy atom. The van der Waals surface area contributed by atoms with Gasteiger partial charge in [-0.25, -0.2) is 4.79 Å². The summed E-state index contributed by atoms with van der Waals surface area (Å²) < 4.78 is 10.3. The van der Waals surface area contributed by atoms with Gasteiger partial charge in [-0.2, -0.15) is 0 Å². The summed E-state index contributed by atoms with van der Waals surface area (Å²) >= 11 is 0. The Kier molecular flexibility index (Phi) is 12.6. The maximum absolute atomic E-state index is 12.2. The van der Waals surface area contributed by atoms with Crippen molar-refractivity contribution >= 4 is 42.0 Å². The third-order valence-electron chi connectivity index (χ3n) is 5.58. The van der Waals surface area contributed by atoms with Crippen molar-refractivity contribution in [1.29, 1.82) is 0 Å². The lowest BCUT2D eigenvalue weighted by molar-refractivity contribution is -0.146. The Balaban J connectivity index is 0.00000512. The minimum atomic E-state index is -0.453. The molecule has 0 spiro atoms. The van der Waals surface area contributed by atoms with Crippen LogP contribution < -0.4 is 5.32 Å². The zero-order valence-electron chi connectivity index (χ0n) is 20.4. The molecule has 10 heteroatoms. The number of ether oxygens (including phenoxy) is 2. The first kappa shape index (κ1) is 28.7. The number of carbonyl (C=O) groups is 2. The van der Waals surface area contributed by atoms with E-state index in [1.54, 1.807) is 4.90 Å². The first-order chi connectivity index (χ1) is 14.7. The summed E-state index contributed by atoms with van der Waals surface area (Å²) in [5, 5.41) is 3.37. The summed E-state index contributed by atoms with van der Waals surface area (Å²) in [5.41, 5.74) is -0.453. The summed E-state index contributed by atoms with van der Waals surface area (Å²) in [7, 11) is 1.46. The largest absolute Gasteiger partial charge is 0.469 e. The minimum Gasteiger partial charge on any atom is -0.469 e. The molecule has 2 saturated heterocycles. The Hall–Kier alpha value is -1.30. The van der Waals surface area contributed by atoms with Crippen molar-refractivity contribution in [2.24, 2.45) is 10.9 Å². The van der Waals surface area contributed by atoms with E-state index in [0.717, 1.165) is 71.0 Å². The quantitative estimate of drug-likeness (QED) is 0.174. The number of methoxy groups -OCH3 is 1. The zero-order valence-corrected chi connectivity index (χ0v) is 22.7. The maximum Gasteiger partial charge on any atom is 0.410 e. The molecule has 0 atom stereocenters. The van der Waals surface area contributed by atoms with Crippen LogP contribution in [0.3, 0.4) is 0 Å². The standard InChI is InChI=1S/C22H41N5O4.HI/c1-6-23-20(26-12-8-18(9-13-26)19(28)30-5)24-10-7-11-25-14-16-27(17-15-25)21(29)31-22(2,3)4;/h18H,6-17H2,1-5H3,(H,23,24);1H.